The molecule has 0 aromatic rings. The van der Waals surface area contributed by atoms with Gasteiger partial charge in [-0.25, -0.2) is 0 Å². The third kappa shape index (κ3) is 1.95. The quantitative estimate of drug-likeness (QED) is 0.793. The van der Waals surface area contributed by atoms with E-state index < -0.39 is 0 Å². The molecule has 4 aliphatic carbocycles. The number of rotatable bonds is 2. The Morgan fingerprint density at radius 3 is 2.75 bits per heavy atom. The number of carbonyl (C=O) groups is 3. The smallest absolute Gasteiger partial charge is 0.207 e. The van der Waals surface area contributed by atoms with Crippen LogP contribution in [0.3, 0.4) is 0 Å². The molecule has 3 fully saturated rings. The minimum Gasteiger partial charge on any atom is -0.352 e. The van der Waals surface area contributed by atoms with Gasteiger partial charge in [0.1, 0.15) is 5.78 Å². The van der Waals surface area contributed by atoms with Gasteiger partial charge in [0.15, 0.2) is 5.78 Å². The summed E-state index contributed by atoms with van der Waals surface area (Å²) in [6.07, 6.45) is 10.7. The van der Waals surface area contributed by atoms with Crippen LogP contribution in [-0.2, 0) is 14.4 Å². The molecule has 3 saturated carbocycles. The predicted octanol–water partition coefficient (Wildman–Crippen LogP) is 2.59. The van der Waals surface area contributed by atoms with E-state index in [1.807, 2.05) is 0 Å². The van der Waals surface area contributed by atoms with E-state index in [1.54, 1.807) is 12.2 Å². The molecular weight excluding hydrogens is 302 g/mol. The Bertz CT molecular complexity index is 678. The average Bonchev–Trinajstić information content (AvgIpc) is 2.85. The lowest BCUT2D eigenvalue weighted by atomic mass is 9.47. The number of carbonyl (C=O) groups excluding carboxylic acids is 3. The largest absolute Gasteiger partial charge is 0.352 e. The SMILES string of the molecule is C[C@]12C=CC(=O)C=C1[C@H](NC=O)C[C@@H]1[C@@H]2CC[C@]2(C)C(=O)CC[C@@H]12. The fraction of sp³-hybridized carbons (Fsp3) is 0.650. The maximum Gasteiger partial charge on any atom is 0.207 e. The molecule has 4 heteroatoms. The van der Waals surface area contributed by atoms with Gasteiger partial charge in [0, 0.05) is 17.3 Å². The summed E-state index contributed by atoms with van der Waals surface area (Å²) in [5.74, 6) is 1.71. The molecule has 4 rings (SSSR count). The number of hydrogen-bond donors (Lipinski definition) is 1. The highest BCUT2D eigenvalue weighted by atomic mass is 16.1. The van der Waals surface area contributed by atoms with Gasteiger partial charge in [-0.05, 0) is 61.2 Å². The normalized spacial score (nSPS) is 46.7. The topological polar surface area (TPSA) is 63.2 Å². The van der Waals surface area contributed by atoms with Crippen molar-refractivity contribution in [3.05, 3.63) is 23.8 Å². The number of amides is 1. The lowest BCUT2D eigenvalue weighted by molar-refractivity contribution is -0.132. The fourth-order valence-electron chi connectivity index (χ4n) is 6.29. The van der Waals surface area contributed by atoms with Gasteiger partial charge in [0.05, 0.1) is 6.04 Å². The molecule has 4 nitrogen and oxygen atoms in total. The third-order valence-corrected chi connectivity index (χ3v) is 7.58. The van der Waals surface area contributed by atoms with Crippen molar-refractivity contribution in [3.63, 3.8) is 0 Å². The van der Waals surface area contributed by atoms with E-state index in [4.69, 9.17) is 0 Å². The van der Waals surface area contributed by atoms with Crippen molar-refractivity contribution in [3.8, 4) is 0 Å². The van der Waals surface area contributed by atoms with Gasteiger partial charge in [-0.3, -0.25) is 14.4 Å². The highest BCUT2D eigenvalue weighted by Crippen LogP contribution is 2.63. The van der Waals surface area contributed by atoms with Crippen LogP contribution in [0.4, 0.5) is 0 Å². The van der Waals surface area contributed by atoms with E-state index in [0.717, 1.165) is 37.7 Å². The number of hydrogen-bond acceptors (Lipinski definition) is 3. The molecular formula is C20H25NO3. The Kier molecular flexibility index (Phi) is 3.38. The van der Waals surface area contributed by atoms with Gasteiger partial charge in [-0.15, -0.1) is 0 Å². The minimum absolute atomic E-state index is 0.00955. The molecule has 0 heterocycles. The molecule has 24 heavy (non-hydrogen) atoms. The van der Waals surface area contributed by atoms with Crippen molar-refractivity contribution in [1.29, 1.82) is 0 Å². The maximum atomic E-state index is 12.5. The lowest BCUT2D eigenvalue weighted by Gasteiger charge is -2.57. The molecule has 0 aliphatic heterocycles. The second-order valence-corrected chi connectivity index (χ2v) is 8.49. The number of ketones is 2. The summed E-state index contributed by atoms with van der Waals surface area (Å²) in [6.45, 7) is 4.36. The van der Waals surface area contributed by atoms with Crippen LogP contribution in [-0.4, -0.2) is 24.0 Å². The van der Waals surface area contributed by atoms with Crippen LogP contribution < -0.4 is 5.32 Å². The zero-order valence-corrected chi connectivity index (χ0v) is 14.4. The van der Waals surface area contributed by atoms with Crippen molar-refractivity contribution >= 4 is 18.0 Å². The number of fused-ring (bicyclic) bond motifs is 5. The summed E-state index contributed by atoms with van der Waals surface area (Å²) in [5, 5.41) is 2.95. The number of allylic oxidation sites excluding steroid dienone is 3. The van der Waals surface area contributed by atoms with Crippen molar-refractivity contribution in [1.82, 2.24) is 5.32 Å². The Hall–Kier alpha value is -1.71. The van der Waals surface area contributed by atoms with E-state index in [0.29, 0.717) is 30.0 Å². The molecule has 0 bridgehead atoms. The number of nitrogens with one attached hydrogen (secondary N) is 1. The zero-order chi connectivity index (χ0) is 17.1. The lowest BCUT2D eigenvalue weighted by Crippen LogP contribution is -2.55. The minimum atomic E-state index is -0.190. The summed E-state index contributed by atoms with van der Waals surface area (Å²) < 4.78 is 0. The van der Waals surface area contributed by atoms with Crippen molar-refractivity contribution < 1.29 is 14.4 Å². The van der Waals surface area contributed by atoms with Crippen LogP contribution in [0.15, 0.2) is 23.8 Å². The molecule has 0 aromatic carbocycles. The Morgan fingerprint density at radius 2 is 2.00 bits per heavy atom. The second-order valence-electron chi connectivity index (χ2n) is 8.49. The molecule has 0 spiro atoms. The highest BCUT2D eigenvalue weighted by molar-refractivity contribution is 6.01. The van der Waals surface area contributed by atoms with Gasteiger partial charge < -0.3 is 5.32 Å². The standard InChI is InChI=1S/C20H25NO3/c1-19-7-5-12(23)9-16(19)17(21-11-22)10-13-14-3-4-18(24)20(14,2)8-6-15(13)19/h5,7,9,11,13-15,17H,3-4,6,8,10H2,1-2H3,(H,21,22)/t13-,14-,15-,17+,19+,20-/m0/s1. The molecule has 0 radical (unpaired) electrons. The van der Waals surface area contributed by atoms with Gasteiger partial charge in [0.2, 0.25) is 6.41 Å². The first-order chi connectivity index (χ1) is 11.4. The summed E-state index contributed by atoms with van der Waals surface area (Å²) >= 11 is 0. The van der Waals surface area contributed by atoms with Gasteiger partial charge in [-0.2, -0.15) is 0 Å². The maximum absolute atomic E-state index is 12.5. The first-order valence-corrected chi connectivity index (χ1v) is 9.08. The molecule has 6 atom stereocenters. The Balaban J connectivity index is 1.77. The van der Waals surface area contributed by atoms with Crippen LogP contribution in [0.2, 0.25) is 0 Å². The molecule has 0 unspecified atom stereocenters. The fourth-order valence-corrected chi connectivity index (χ4v) is 6.29. The molecule has 128 valence electrons. The van der Waals surface area contributed by atoms with E-state index in [1.165, 1.54) is 0 Å². The van der Waals surface area contributed by atoms with Crippen molar-refractivity contribution in [2.75, 3.05) is 0 Å². The van der Waals surface area contributed by atoms with Crippen molar-refractivity contribution in [2.45, 2.75) is 52.0 Å². The predicted molar refractivity (Wildman–Crippen MR) is 90.0 cm³/mol. The van der Waals surface area contributed by atoms with E-state index in [2.05, 4.69) is 25.2 Å². The third-order valence-electron chi connectivity index (χ3n) is 7.58. The first-order valence-electron chi connectivity index (χ1n) is 9.08. The van der Waals surface area contributed by atoms with Crippen molar-refractivity contribution in [2.24, 2.45) is 28.6 Å². The molecule has 1 amide bonds. The van der Waals surface area contributed by atoms with Gasteiger partial charge >= 0.3 is 0 Å². The Labute approximate surface area is 142 Å². The van der Waals surface area contributed by atoms with E-state index in [-0.39, 0.29) is 22.7 Å². The summed E-state index contributed by atoms with van der Waals surface area (Å²) in [5.41, 5.74) is 0.680. The summed E-state index contributed by atoms with van der Waals surface area (Å²) in [6, 6.07) is -0.0966. The van der Waals surface area contributed by atoms with Crippen LogP contribution in [0, 0.1) is 28.6 Å². The highest BCUT2D eigenvalue weighted by Gasteiger charge is 2.60. The van der Waals surface area contributed by atoms with Crippen LogP contribution >= 0.6 is 0 Å². The Morgan fingerprint density at radius 1 is 1.21 bits per heavy atom. The first kappa shape index (κ1) is 15.8. The molecule has 4 aliphatic rings. The van der Waals surface area contributed by atoms with Gasteiger partial charge in [0.25, 0.3) is 0 Å². The zero-order valence-electron chi connectivity index (χ0n) is 14.4. The monoisotopic (exact) mass is 327 g/mol. The average molecular weight is 327 g/mol. The number of Topliss-reactive ketones (excluding diaryl/α,β-unsaturated/α-hetero) is 1. The molecule has 0 saturated heterocycles. The van der Waals surface area contributed by atoms with E-state index >= 15 is 0 Å². The van der Waals surface area contributed by atoms with Gasteiger partial charge in [-0.1, -0.05) is 19.9 Å². The van der Waals surface area contributed by atoms with E-state index in [9.17, 15) is 14.4 Å². The second kappa shape index (κ2) is 5.14. The summed E-state index contributed by atoms with van der Waals surface area (Å²) in [7, 11) is 0. The molecule has 0 aromatic heterocycles. The molecule has 1 N–H and O–H groups in total. The van der Waals surface area contributed by atoms with Crippen LogP contribution in [0.5, 0.6) is 0 Å². The van der Waals surface area contributed by atoms with Crippen LogP contribution in [0.1, 0.15) is 46.0 Å². The summed E-state index contributed by atoms with van der Waals surface area (Å²) in [4.78, 5) is 35.5. The van der Waals surface area contributed by atoms with Crippen LogP contribution in [0.25, 0.3) is 0 Å².